The topological polar surface area (TPSA) is 21.1 Å². The number of hydrogen-bond donors (Lipinski definition) is 0. The molecule has 0 amide bonds. The highest BCUT2D eigenvalue weighted by Gasteiger charge is 2.13. The molecule has 0 atom stereocenters. The van der Waals surface area contributed by atoms with Crippen LogP contribution in [0.5, 0.6) is 0 Å². The second-order valence-electron chi connectivity index (χ2n) is 5.08. The van der Waals surface area contributed by atoms with Gasteiger partial charge in [-0.05, 0) is 24.3 Å². The normalized spacial score (nSPS) is 11.1. The molecule has 0 saturated carbocycles. The first-order valence-corrected chi connectivity index (χ1v) is 6.98. The van der Waals surface area contributed by atoms with Crippen LogP contribution in [0.25, 0.3) is 21.8 Å². The van der Waals surface area contributed by atoms with Crippen molar-refractivity contribution in [2.45, 2.75) is 0 Å². The maximum Gasteiger partial charge on any atom is 0.0712 e. The molecule has 3 heteroatoms. The summed E-state index contributed by atoms with van der Waals surface area (Å²) in [5.74, 6) is 0. The van der Waals surface area contributed by atoms with Crippen LogP contribution in [-0.4, -0.2) is 16.7 Å². The van der Waals surface area contributed by atoms with Gasteiger partial charge in [0.1, 0.15) is 0 Å². The highest BCUT2D eigenvalue weighted by molar-refractivity contribution is 6.08. The van der Waals surface area contributed by atoms with Gasteiger partial charge in [0, 0.05) is 30.2 Å². The van der Waals surface area contributed by atoms with Gasteiger partial charge in [0.25, 0.3) is 0 Å². The molecule has 102 valence electrons. The van der Waals surface area contributed by atoms with Crippen LogP contribution < -0.4 is 5.01 Å². The van der Waals surface area contributed by atoms with E-state index >= 15 is 0 Å². The smallest absolute Gasteiger partial charge is 0.0712 e. The van der Waals surface area contributed by atoms with E-state index in [9.17, 15) is 0 Å². The fourth-order valence-corrected chi connectivity index (χ4v) is 2.90. The van der Waals surface area contributed by atoms with Crippen molar-refractivity contribution >= 4 is 27.5 Å². The number of fused-ring (bicyclic) bond motifs is 3. The van der Waals surface area contributed by atoms with Gasteiger partial charge in [0.05, 0.1) is 16.7 Å². The first kappa shape index (κ1) is 12.0. The van der Waals surface area contributed by atoms with Crippen LogP contribution in [0.4, 0.5) is 5.69 Å². The molecule has 0 aliphatic carbocycles. The molecule has 21 heavy (non-hydrogen) atoms. The van der Waals surface area contributed by atoms with Gasteiger partial charge in [-0.25, -0.2) is 0 Å². The summed E-state index contributed by atoms with van der Waals surface area (Å²) in [6, 6.07) is 21.0. The van der Waals surface area contributed by atoms with Gasteiger partial charge in [0.2, 0.25) is 0 Å². The van der Waals surface area contributed by atoms with Crippen LogP contribution >= 0.6 is 0 Å². The standard InChI is InChI=1S/C18H15N3/c1-20(14-10-12-19-13-11-14)21-17-8-4-2-6-15(17)16-7-3-5-9-18(16)21/h2-13H,1H3. The van der Waals surface area contributed by atoms with E-state index in [-0.39, 0.29) is 0 Å². The number of anilines is 1. The van der Waals surface area contributed by atoms with Crippen molar-refractivity contribution in [2.75, 3.05) is 12.1 Å². The lowest BCUT2D eigenvalue weighted by atomic mass is 10.2. The molecule has 0 fully saturated rings. The highest BCUT2D eigenvalue weighted by Crippen LogP contribution is 2.30. The van der Waals surface area contributed by atoms with Gasteiger partial charge in [-0.1, -0.05) is 36.4 Å². The van der Waals surface area contributed by atoms with Crippen molar-refractivity contribution in [2.24, 2.45) is 0 Å². The van der Waals surface area contributed by atoms with Crippen molar-refractivity contribution in [3.63, 3.8) is 0 Å². The first-order chi connectivity index (χ1) is 10.4. The Bertz CT molecular complexity index is 856. The van der Waals surface area contributed by atoms with Gasteiger partial charge < -0.3 is 0 Å². The van der Waals surface area contributed by atoms with E-state index in [0.717, 1.165) is 5.69 Å². The Hall–Kier alpha value is -2.81. The lowest BCUT2D eigenvalue weighted by molar-refractivity contribution is 0.836. The quantitative estimate of drug-likeness (QED) is 0.548. The molecule has 0 saturated heterocycles. The van der Waals surface area contributed by atoms with Crippen LogP contribution in [0.15, 0.2) is 73.1 Å². The summed E-state index contributed by atoms with van der Waals surface area (Å²) >= 11 is 0. The minimum Gasteiger partial charge on any atom is -0.284 e. The molecule has 3 nitrogen and oxygen atoms in total. The summed E-state index contributed by atoms with van der Waals surface area (Å²) < 4.78 is 2.25. The third kappa shape index (κ3) is 1.78. The number of hydrogen-bond acceptors (Lipinski definition) is 2. The summed E-state index contributed by atoms with van der Waals surface area (Å²) in [4.78, 5) is 4.10. The van der Waals surface area contributed by atoms with Crippen LogP contribution in [-0.2, 0) is 0 Å². The van der Waals surface area contributed by atoms with Crippen molar-refractivity contribution in [3.8, 4) is 0 Å². The molecule has 2 aromatic heterocycles. The Labute approximate surface area is 123 Å². The van der Waals surface area contributed by atoms with E-state index in [1.54, 1.807) is 0 Å². The van der Waals surface area contributed by atoms with Gasteiger partial charge in [0.15, 0.2) is 0 Å². The largest absolute Gasteiger partial charge is 0.284 e. The number of para-hydroxylation sites is 2. The molecule has 0 aliphatic rings. The van der Waals surface area contributed by atoms with Crippen LogP contribution in [0.1, 0.15) is 0 Å². The second-order valence-corrected chi connectivity index (χ2v) is 5.08. The van der Waals surface area contributed by atoms with Gasteiger partial charge >= 0.3 is 0 Å². The number of nitrogens with zero attached hydrogens (tertiary/aromatic N) is 3. The number of aromatic nitrogens is 2. The second kappa shape index (κ2) is 4.63. The number of benzene rings is 2. The molecule has 0 aliphatic heterocycles. The van der Waals surface area contributed by atoms with Gasteiger partial charge in [-0.3, -0.25) is 14.7 Å². The summed E-state index contributed by atoms with van der Waals surface area (Å²) in [6.07, 6.45) is 3.64. The Kier molecular flexibility index (Phi) is 2.64. The third-order valence-electron chi connectivity index (χ3n) is 3.89. The van der Waals surface area contributed by atoms with E-state index in [0.29, 0.717) is 0 Å². The molecule has 0 radical (unpaired) electrons. The summed E-state index contributed by atoms with van der Waals surface area (Å²) in [7, 11) is 2.08. The Balaban J connectivity index is 2.06. The van der Waals surface area contributed by atoms with Gasteiger partial charge in [-0.15, -0.1) is 0 Å². The average molecular weight is 273 g/mol. The fourth-order valence-electron chi connectivity index (χ4n) is 2.90. The van der Waals surface area contributed by atoms with Crippen LogP contribution in [0.2, 0.25) is 0 Å². The van der Waals surface area contributed by atoms with Crippen molar-refractivity contribution in [1.29, 1.82) is 0 Å². The molecule has 0 bridgehead atoms. The van der Waals surface area contributed by atoms with Crippen LogP contribution in [0, 0.1) is 0 Å². The molecule has 2 heterocycles. The molecular formula is C18H15N3. The highest BCUT2D eigenvalue weighted by atomic mass is 15.5. The molecule has 2 aromatic carbocycles. The maximum absolute atomic E-state index is 4.10. The van der Waals surface area contributed by atoms with E-state index < -0.39 is 0 Å². The molecule has 4 rings (SSSR count). The Morgan fingerprint density at radius 2 is 1.29 bits per heavy atom. The number of rotatable bonds is 2. The predicted molar refractivity (Wildman–Crippen MR) is 87.5 cm³/mol. The van der Waals surface area contributed by atoms with E-state index in [4.69, 9.17) is 0 Å². The van der Waals surface area contributed by atoms with E-state index in [2.05, 4.69) is 70.2 Å². The minimum absolute atomic E-state index is 1.11. The molecular weight excluding hydrogens is 258 g/mol. The van der Waals surface area contributed by atoms with E-state index in [1.807, 2.05) is 24.5 Å². The number of pyridine rings is 1. The Morgan fingerprint density at radius 3 is 1.86 bits per heavy atom. The van der Waals surface area contributed by atoms with E-state index in [1.165, 1.54) is 21.8 Å². The van der Waals surface area contributed by atoms with Crippen LogP contribution in [0.3, 0.4) is 0 Å². The molecule has 4 aromatic rings. The molecule has 0 N–H and O–H groups in total. The predicted octanol–water partition coefficient (Wildman–Crippen LogP) is 4.09. The van der Waals surface area contributed by atoms with Crippen molar-refractivity contribution in [1.82, 2.24) is 9.66 Å². The lowest BCUT2D eigenvalue weighted by Crippen LogP contribution is -2.24. The molecule has 0 unspecified atom stereocenters. The Morgan fingerprint density at radius 1 is 0.762 bits per heavy atom. The summed E-state index contributed by atoms with van der Waals surface area (Å²) in [5.41, 5.74) is 3.52. The lowest BCUT2D eigenvalue weighted by Gasteiger charge is -2.23. The fraction of sp³-hybridized carbons (Fsp3) is 0.0556. The third-order valence-corrected chi connectivity index (χ3v) is 3.89. The van der Waals surface area contributed by atoms with Crippen molar-refractivity contribution in [3.05, 3.63) is 73.1 Å². The zero-order chi connectivity index (χ0) is 14.2. The minimum atomic E-state index is 1.11. The zero-order valence-electron chi connectivity index (χ0n) is 11.8. The van der Waals surface area contributed by atoms with Crippen molar-refractivity contribution < 1.29 is 0 Å². The monoisotopic (exact) mass is 273 g/mol. The zero-order valence-corrected chi connectivity index (χ0v) is 11.8. The summed E-state index contributed by atoms with van der Waals surface area (Å²) in [5, 5.41) is 4.70. The maximum atomic E-state index is 4.10. The first-order valence-electron chi connectivity index (χ1n) is 6.98. The molecule has 0 spiro atoms. The summed E-state index contributed by atoms with van der Waals surface area (Å²) in [6.45, 7) is 0. The average Bonchev–Trinajstić information content (AvgIpc) is 2.90. The SMILES string of the molecule is CN(c1ccncc1)n1c2ccccc2c2ccccc21. The van der Waals surface area contributed by atoms with Gasteiger partial charge in [-0.2, -0.15) is 0 Å².